The molecule has 67 heavy (non-hydrogen) atoms. The molecule has 26 atom stereocenters. The largest absolute Gasteiger partial charge is 0.479 e. The number of hydrogen-bond donors (Lipinski definition) is 12. The molecule has 0 aromatic carbocycles. The Bertz CT molecular complexity index is 1850. The molecule has 2 unspecified atom stereocenters. The van der Waals surface area contributed by atoms with Crippen LogP contribution in [0.25, 0.3) is 0 Å². The molecule has 19 heteroatoms. The van der Waals surface area contributed by atoms with E-state index in [2.05, 4.69) is 33.8 Å². The Morgan fingerprint density at radius 3 is 1.91 bits per heavy atom. The van der Waals surface area contributed by atoms with E-state index in [1.54, 1.807) is 0 Å². The predicted octanol–water partition coefficient (Wildman–Crippen LogP) is -0.325. The fraction of sp³-hybridized carbons (Fsp3) is 0.938. The highest BCUT2D eigenvalue weighted by Gasteiger charge is 2.70. The van der Waals surface area contributed by atoms with Crippen LogP contribution in [0.2, 0.25) is 0 Å². The third kappa shape index (κ3) is 7.83. The molecule has 7 fully saturated rings. The number of carboxylic acids is 1. The van der Waals surface area contributed by atoms with Gasteiger partial charge in [-0.1, -0.05) is 60.1 Å². The summed E-state index contributed by atoms with van der Waals surface area (Å²) in [6, 6.07) is 0. The van der Waals surface area contributed by atoms with Crippen LogP contribution in [0.4, 0.5) is 0 Å². The standard InChI is InChI=1S/C48H78O19/c1-20-27(51)29(53)33(57)40(62-20)66-35-30(54)28(52)23(18-49)63-41(35)67-36-32(56)31(55)34(39(60)61)65-42(36)64-26-12-13-45(5)24(46(26,6)19-50)11-14-48(8)25(45)10-9-21-22-17-43(2,3)37(58)38(59)44(22,4)15-16-47(21,48)7/h9,20,22-38,40-42,49-59H,10-19H2,1-8H3,(H,60,61)/t20-,22?,23-,24+,25?,26+,27-,28+,29+,30+,31-,32-,33+,34-,35-,36+,37-,38+,40-,41+,42+,44+,45-,46+,47+,48+/m0/s1. The Hall–Kier alpha value is -1.47. The summed E-state index contributed by atoms with van der Waals surface area (Å²) in [5.41, 5.74) is -1.17. The monoisotopic (exact) mass is 959 g/mol. The molecule has 5 aliphatic carbocycles. The minimum Gasteiger partial charge on any atom is -0.479 e. The second kappa shape index (κ2) is 17.9. The van der Waals surface area contributed by atoms with Gasteiger partial charge in [-0.25, -0.2) is 4.79 Å². The number of hydrogen-bond acceptors (Lipinski definition) is 18. The van der Waals surface area contributed by atoms with Crippen molar-refractivity contribution < 1.29 is 94.5 Å². The first-order valence-corrected chi connectivity index (χ1v) is 24.4. The highest BCUT2D eigenvalue weighted by Crippen LogP contribution is 2.76. The number of allylic oxidation sites excluding steroid dienone is 2. The van der Waals surface area contributed by atoms with Crippen LogP contribution in [0, 0.1) is 50.2 Å². The SMILES string of the molecule is C[C@@H]1O[C@@H](O[C@@H]2[C@@H](O[C@H]3[C@H](O[C@@H]4CC[C@]5(C)C6CC=C7C8CC(C)(C)[C@@H](O)[C@@H](O)[C@]8(C)CC[C@@]7(C)[C@]6(C)CC[C@H]5[C@@]4(C)CO)O[C@H](C(=O)O)[C@@H](O)[C@@H]3O)O[C@@H](CO)[C@@H](O)[C@H]2O)[C@H](O)[C@H](O)[C@H]1O. The zero-order valence-corrected chi connectivity index (χ0v) is 40.0. The molecule has 3 heterocycles. The highest BCUT2D eigenvalue weighted by molar-refractivity contribution is 5.73. The topological polar surface area (TPSA) is 315 Å². The Balaban J connectivity index is 1.08. The van der Waals surface area contributed by atoms with Crippen molar-refractivity contribution in [3.8, 4) is 0 Å². The number of aliphatic hydroxyl groups excluding tert-OH is 11. The molecule has 0 aromatic rings. The second-order valence-corrected chi connectivity index (χ2v) is 23.6. The summed E-state index contributed by atoms with van der Waals surface area (Å²) in [5.74, 6) is -1.44. The first-order valence-electron chi connectivity index (χ1n) is 24.4. The number of aliphatic carboxylic acids is 1. The van der Waals surface area contributed by atoms with Crippen LogP contribution in [-0.4, -0.2) is 191 Å². The molecule has 384 valence electrons. The maximum Gasteiger partial charge on any atom is 0.335 e. The van der Waals surface area contributed by atoms with Gasteiger partial charge in [0, 0.05) is 10.8 Å². The Morgan fingerprint density at radius 1 is 0.657 bits per heavy atom. The average molecular weight is 959 g/mol. The predicted molar refractivity (Wildman–Crippen MR) is 232 cm³/mol. The third-order valence-corrected chi connectivity index (χ3v) is 19.7. The van der Waals surface area contributed by atoms with Gasteiger partial charge in [-0.05, 0) is 97.7 Å². The number of rotatable bonds is 9. The molecule has 3 saturated heterocycles. The lowest BCUT2D eigenvalue weighted by atomic mass is 9.33. The van der Waals surface area contributed by atoms with Gasteiger partial charge in [0.05, 0.1) is 37.6 Å². The van der Waals surface area contributed by atoms with Gasteiger partial charge in [0.15, 0.2) is 25.0 Å². The molecule has 4 saturated carbocycles. The molecule has 3 aliphatic heterocycles. The van der Waals surface area contributed by atoms with E-state index in [1.165, 1.54) is 12.5 Å². The summed E-state index contributed by atoms with van der Waals surface area (Å²) in [5, 5.41) is 131. The molecule has 19 nitrogen and oxygen atoms in total. The summed E-state index contributed by atoms with van der Waals surface area (Å²) in [6.07, 6.45) is -20.7. The van der Waals surface area contributed by atoms with E-state index < -0.39 is 139 Å². The van der Waals surface area contributed by atoms with Crippen LogP contribution in [0.3, 0.4) is 0 Å². The molecule has 8 rings (SSSR count). The first kappa shape index (κ1) is 51.9. The van der Waals surface area contributed by atoms with Crippen molar-refractivity contribution >= 4 is 5.97 Å². The van der Waals surface area contributed by atoms with Gasteiger partial charge >= 0.3 is 5.97 Å². The second-order valence-electron chi connectivity index (χ2n) is 23.6. The Labute approximate surface area is 392 Å². The lowest BCUT2D eigenvalue weighted by Crippen LogP contribution is -2.68. The number of ether oxygens (including phenoxy) is 6. The van der Waals surface area contributed by atoms with Gasteiger partial charge in [-0.2, -0.15) is 0 Å². The van der Waals surface area contributed by atoms with Crippen molar-refractivity contribution in [1.29, 1.82) is 0 Å². The third-order valence-electron chi connectivity index (χ3n) is 19.7. The van der Waals surface area contributed by atoms with E-state index in [-0.39, 0.29) is 40.6 Å². The van der Waals surface area contributed by atoms with E-state index in [0.717, 1.165) is 38.5 Å². The van der Waals surface area contributed by atoms with Gasteiger partial charge in [0.25, 0.3) is 0 Å². The van der Waals surface area contributed by atoms with Gasteiger partial charge in [0.1, 0.15) is 61.0 Å². The summed E-state index contributed by atoms with van der Waals surface area (Å²) in [4.78, 5) is 12.5. The molecular weight excluding hydrogens is 881 g/mol. The van der Waals surface area contributed by atoms with Crippen LogP contribution in [0.5, 0.6) is 0 Å². The molecule has 0 aromatic heterocycles. The highest BCUT2D eigenvalue weighted by atomic mass is 16.8. The van der Waals surface area contributed by atoms with Crippen molar-refractivity contribution in [1.82, 2.24) is 0 Å². The summed E-state index contributed by atoms with van der Waals surface area (Å²) in [6.45, 7) is 15.5. The van der Waals surface area contributed by atoms with Gasteiger partial charge in [0.2, 0.25) is 0 Å². The summed E-state index contributed by atoms with van der Waals surface area (Å²) >= 11 is 0. The van der Waals surface area contributed by atoms with E-state index in [0.29, 0.717) is 12.8 Å². The van der Waals surface area contributed by atoms with Crippen LogP contribution in [0.15, 0.2) is 11.6 Å². The fourth-order valence-electron chi connectivity index (χ4n) is 15.1. The van der Waals surface area contributed by atoms with E-state index in [4.69, 9.17) is 28.4 Å². The number of aliphatic hydroxyl groups is 11. The van der Waals surface area contributed by atoms with Crippen molar-refractivity contribution in [2.24, 2.45) is 50.2 Å². The average Bonchev–Trinajstić information content (AvgIpc) is 3.27. The summed E-state index contributed by atoms with van der Waals surface area (Å²) in [7, 11) is 0. The lowest BCUT2D eigenvalue weighted by molar-refractivity contribution is -0.396. The van der Waals surface area contributed by atoms with Crippen molar-refractivity contribution in [3.05, 3.63) is 11.6 Å². The minimum absolute atomic E-state index is 0.102. The number of carbonyl (C=O) groups is 1. The van der Waals surface area contributed by atoms with E-state index in [9.17, 15) is 66.1 Å². The molecule has 12 N–H and O–H groups in total. The first-order chi connectivity index (χ1) is 31.2. The summed E-state index contributed by atoms with van der Waals surface area (Å²) < 4.78 is 36.2. The van der Waals surface area contributed by atoms with Gasteiger partial charge in [-0.3, -0.25) is 0 Å². The van der Waals surface area contributed by atoms with Crippen molar-refractivity contribution in [2.45, 2.75) is 217 Å². The maximum absolute atomic E-state index is 12.5. The zero-order chi connectivity index (χ0) is 49.3. The van der Waals surface area contributed by atoms with Crippen molar-refractivity contribution in [3.63, 3.8) is 0 Å². The maximum atomic E-state index is 12.5. The van der Waals surface area contributed by atoms with Crippen LogP contribution in [0.1, 0.15) is 107 Å². The molecular formula is C48H78O19. The van der Waals surface area contributed by atoms with E-state index >= 15 is 0 Å². The normalized spacial score (nSPS) is 56.4. The molecule has 0 spiro atoms. The van der Waals surface area contributed by atoms with E-state index in [1.807, 2.05) is 20.8 Å². The number of fused-ring (bicyclic) bond motifs is 7. The Kier molecular flexibility index (Phi) is 13.9. The minimum atomic E-state index is -2.08. The van der Waals surface area contributed by atoms with Crippen molar-refractivity contribution in [2.75, 3.05) is 13.2 Å². The molecule has 8 aliphatic rings. The van der Waals surface area contributed by atoms with Crippen LogP contribution < -0.4 is 0 Å². The van der Waals surface area contributed by atoms with Gasteiger partial charge in [-0.15, -0.1) is 0 Å². The quantitative estimate of drug-likeness (QED) is 0.104. The van der Waals surface area contributed by atoms with Crippen LogP contribution >= 0.6 is 0 Å². The fourth-order valence-corrected chi connectivity index (χ4v) is 15.1. The Morgan fingerprint density at radius 2 is 1.28 bits per heavy atom. The zero-order valence-electron chi connectivity index (χ0n) is 40.0. The number of carboxylic acid groups (broad SMARTS) is 1. The van der Waals surface area contributed by atoms with Crippen LogP contribution in [-0.2, 0) is 33.2 Å². The lowest BCUT2D eigenvalue weighted by Gasteiger charge is -2.72. The smallest absolute Gasteiger partial charge is 0.335 e. The molecule has 0 radical (unpaired) electrons. The molecule has 0 bridgehead atoms. The molecule has 0 amide bonds. The van der Waals surface area contributed by atoms with Gasteiger partial charge < -0.3 is 89.7 Å².